The van der Waals surface area contributed by atoms with Crippen LogP contribution in [0.5, 0.6) is 0 Å². The number of aryl methyl sites for hydroxylation is 1. The fraction of sp³-hybridized carbons (Fsp3) is 0.327. The number of esters is 1. The highest BCUT2D eigenvalue weighted by Crippen LogP contribution is 2.32. The summed E-state index contributed by atoms with van der Waals surface area (Å²) in [6, 6.07) is 35.4. The number of aliphatic imine (C=N–C) groups is 2. The van der Waals surface area contributed by atoms with Gasteiger partial charge in [-0.3, -0.25) is 0 Å². The van der Waals surface area contributed by atoms with E-state index in [4.69, 9.17) is 33.5 Å². The highest BCUT2D eigenvalue weighted by molar-refractivity contribution is 6.08. The van der Waals surface area contributed by atoms with Gasteiger partial charge in [-0.25, -0.2) is 19.8 Å². The Labute approximate surface area is 375 Å². The molecule has 2 aromatic heterocycles. The van der Waals surface area contributed by atoms with E-state index in [2.05, 4.69) is 87.1 Å². The average molecular weight is 859 g/mol. The highest BCUT2D eigenvalue weighted by Gasteiger charge is 2.22. The molecule has 0 spiro atoms. The van der Waals surface area contributed by atoms with E-state index >= 15 is 0 Å². The molecule has 7 aromatic rings. The predicted octanol–water partition coefficient (Wildman–Crippen LogP) is 12.6. The molecular formula is C52H58N8O4. The van der Waals surface area contributed by atoms with Gasteiger partial charge in [-0.05, 0) is 139 Å². The van der Waals surface area contributed by atoms with Gasteiger partial charge in [0.15, 0.2) is 17.5 Å². The number of hydrogen-bond donors (Lipinski definition) is 4. The summed E-state index contributed by atoms with van der Waals surface area (Å²) in [7, 11) is 0. The number of fused-ring (bicyclic) bond motifs is 2. The van der Waals surface area contributed by atoms with E-state index in [1.807, 2.05) is 72.8 Å². The minimum atomic E-state index is -0.623. The van der Waals surface area contributed by atoms with Gasteiger partial charge in [-0.2, -0.15) is 4.99 Å². The van der Waals surface area contributed by atoms with Crippen molar-refractivity contribution >= 4 is 57.2 Å². The zero-order valence-corrected chi connectivity index (χ0v) is 37.6. The van der Waals surface area contributed by atoms with E-state index in [-0.39, 0.29) is 11.4 Å². The zero-order chi connectivity index (χ0) is 44.6. The minimum absolute atomic E-state index is 0.0502. The standard InChI is InChI=1S/C52H58N8O4/c1-7-11-13-33(9-3)32-62-48(61)37-19-26-41(27-20-37)55-51-59-49(53-39-22-15-35(16-23-39)46-56-42-30-34(12-8-2)14-28-44(42)63-46)58-50(60-51)54-40-24-17-36(18-25-40)47-57-43-31-38(52(5,6)10-4)21-29-45(43)64-47/h14-31,33,51,55H,7-13,32H2,1-6H3,(H3,53,54,58,59,60). The lowest BCUT2D eigenvalue weighted by atomic mass is 9.82. The summed E-state index contributed by atoms with van der Waals surface area (Å²) in [5, 5.41) is 13.6. The number of nitrogens with one attached hydrogen (secondary N) is 4. The maximum Gasteiger partial charge on any atom is 0.338 e. The van der Waals surface area contributed by atoms with Crippen molar-refractivity contribution in [2.75, 3.05) is 22.6 Å². The molecule has 8 rings (SSSR count). The van der Waals surface area contributed by atoms with Crippen molar-refractivity contribution in [3.05, 3.63) is 126 Å². The molecule has 0 bridgehead atoms. The van der Waals surface area contributed by atoms with Crippen LogP contribution < -0.4 is 21.3 Å². The van der Waals surface area contributed by atoms with Gasteiger partial charge in [0, 0.05) is 28.2 Å². The van der Waals surface area contributed by atoms with E-state index in [1.165, 1.54) is 11.1 Å². The number of carbonyl (C=O) groups excluding carboxylic acids is 1. The van der Waals surface area contributed by atoms with Crippen molar-refractivity contribution in [1.29, 1.82) is 0 Å². The van der Waals surface area contributed by atoms with Crippen LogP contribution in [0.25, 0.3) is 45.1 Å². The van der Waals surface area contributed by atoms with Crippen LogP contribution in [0.2, 0.25) is 0 Å². The zero-order valence-electron chi connectivity index (χ0n) is 37.6. The SMILES string of the molecule is CCCCC(CC)COC(=O)c1ccc(NC2N=C(Nc3ccc(-c4nc5cc(CCC)ccc5o4)cc3)N=C(Nc3ccc(-c4nc5cc(C(C)(C)CC)ccc5o4)cc3)N2)cc1. The predicted molar refractivity (Wildman–Crippen MR) is 259 cm³/mol. The molecule has 0 aliphatic carbocycles. The van der Waals surface area contributed by atoms with Gasteiger partial charge in [0.05, 0.1) is 12.2 Å². The summed E-state index contributed by atoms with van der Waals surface area (Å²) in [4.78, 5) is 32.2. The molecule has 0 saturated heterocycles. The second kappa shape index (κ2) is 19.6. The van der Waals surface area contributed by atoms with Gasteiger partial charge in [0.1, 0.15) is 11.0 Å². The Hall–Kier alpha value is -6.95. The van der Waals surface area contributed by atoms with Crippen molar-refractivity contribution in [2.45, 2.75) is 98.2 Å². The smallest absolute Gasteiger partial charge is 0.338 e. The lowest BCUT2D eigenvalue weighted by molar-refractivity contribution is 0.0428. The number of ether oxygens (including phenoxy) is 1. The molecule has 3 heterocycles. The first kappa shape index (κ1) is 43.7. The van der Waals surface area contributed by atoms with Gasteiger partial charge in [0.25, 0.3) is 0 Å². The molecule has 12 heteroatoms. The first-order valence-electron chi connectivity index (χ1n) is 22.6. The topological polar surface area (TPSA) is 151 Å². The summed E-state index contributed by atoms with van der Waals surface area (Å²) in [5.74, 6) is 2.01. The summed E-state index contributed by atoms with van der Waals surface area (Å²) in [6.07, 6.45) is 6.78. The van der Waals surface area contributed by atoms with Gasteiger partial charge in [0.2, 0.25) is 23.7 Å². The van der Waals surface area contributed by atoms with Crippen LogP contribution in [0, 0.1) is 5.92 Å². The molecule has 330 valence electrons. The Morgan fingerprint density at radius 1 is 0.750 bits per heavy atom. The van der Waals surface area contributed by atoms with Crippen LogP contribution in [0.15, 0.2) is 128 Å². The summed E-state index contributed by atoms with van der Waals surface area (Å²) in [6.45, 7) is 13.6. The second-order valence-electron chi connectivity index (χ2n) is 17.1. The molecule has 1 aliphatic rings. The quantitative estimate of drug-likeness (QED) is 0.0651. The molecule has 0 fully saturated rings. The summed E-state index contributed by atoms with van der Waals surface area (Å²) in [5.41, 5.74) is 10.3. The maximum absolute atomic E-state index is 12.9. The van der Waals surface area contributed by atoms with E-state index in [0.29, 0.717) is 41.8 Å². The van der Waals surface area contributed by atoms with Crippen LogP contribution >= 0.6 is 0 Å². The lowest BCUT2D eigenvalue weighted by Crippen LogP contribution is -2.47. The van der Waals surface area contributed by atoms with Crippen LogP contribution in [-0.2, 0) is 16.6 Å². The number of nitrogens with zero attached hydrogens (tertiary/aromatic N) is 4. The van der Waals surface area contributed by atoms with Crippen molar-refractivity contribution in [1.82, 2.24) is 15.3 Å². The van der Waals surface area contributed by atoms with Crippen LogP contribution in [-0.4, -0.2) is 40.8 Å². The highest BCUT2D eigenvalue weighted by atomic mass is 16.5. The number of unbranched alkanes of at least 4 members (excludes halogenated alkanes) is 1. The minimum Gasteiger partial charge on any atom is -0.462 e. The van der Waals surface area contributed by atoms with Gasteiger partial charge in [-0.1, -0.05) is 79.4 Å². The number of benzene rings is 5. The van der Waals surface area contributed by atoms with Crippen molar-refractivity contribution in [3.8, 4) is 22.9 Å². The first-order chi connectivity index (χ1) is 31.1. The Morgan fingerprint density at radius 3 is 2.00 bits per heavy atom. The molecule has 2 unspecified atom stereocenters. The third-order valence-corrected chi connectivity index (χ3v) is 12.0. The molecule has 1 aliphatic heterocycles. The van der Waals surface area contributed by atoms with Gasteiger partial charge < -0.3 is 34.8 Å². The molecule has 0 amide bonds. The molecule has 5 aromatic carbocycles. The van der Waals surface area contributed by atoms with Crippen molar-refractivity contribution < 1.29 is 18.4 Å². The Morgan fingerprint density at radius 2 is 1.38 bits per heavy atom. The Kier molecular flexibility index (Phi) is 13.4. The van der Waals surface area contributed by atoms with Gasteiger partial charge in [-0.15, -0.1) is 0 Å². The van der Waals surface area contributed by atoms with Crippen LogP contribution in [0.3, 0.4) is 0 Å². The number of anilines is 3. The molecular weight excluding hydrogens is 801 g/mol. The summed E-state index contributed by atoms with van der Waals surface area (Å²) < 4.78 is 18.0. The fourth-order valence-corrected chi connectivity index (χ4v) is 7.55. The molecule has 0 saturated carbocycles. The normalized spacial score (nSPS) is 14.4. The number of aromatic nitrogens is 2. The van der Waals surface area contributed by atoms with Crippen LogP contribution in [0.1, 0.15) is 102 Å². The Bertz CT molecular complexity index is 2750. The third kappa shape index (κ3) is 10.5. The van der Waals surface area contributed by atoms with E-state index in [1.54, 1.807) is 12.1 Å². The molecule has 0 radical (unpaired) electrons. The number of guanidine groups is 2. The summed E-state index contributed by atoms with van der Waals surface area (Å²) >= 11 is 0. The van der Waals surface area contributed by atoms with Crippen LogP contribution in [0.4, 0.5) is 17.1 Å². The second-order valence-corrected chi connectivity index (χ2v) is 17.1. The number of carbonyl (C=O) groups is 1. The number of rotatable bonds is 17. The van der Waals surface area contributed by atoms with Crippen molar-refractivity contribution in [3.63, 3.8) is 0 Å². The molecule has 12 nitrogen and oxygen atoms in total. The molecule has 64 heavy (non-hydrogen) atoms. The number of hydrogen-bond acceptors (Lipinski definition) is 12. The fourth-order valence-electron chi connectivity index (χ4n) is 7.55. The average Bonchev–Trinajstić information content (AvgIpc) is 3.94. The first-order valence-corrected chi connectivity index (χ1v) is 22.6. The maximum atomic E-state index is 12.9. The van der Waals surface area contributed by atoms with E-state index in [9.17, 15) is 4.79 Å². The van der Waals surface area contributed by atoms with Gasteiger partial charge >= 0.3 is 5.97 Å². The van der Waals surface area contributed by atoms with Crippen molar-refractivity contribution in [2.24, 2.45) is 15.9 Å². The lowest BCUT2D eigenvalue weighted by Gasteiger charge is -2.25. The Balaban J connectivity index is 0.985. The monoisotopic (exact) mass is 858 g/mol. The molecule has 4 N–H and O–H groups in total. The van der Waals surface area contributed by atoms with E-state index in [0.717, 1.165) is 95.3 Å². The van der Waals surface area contributed by atoms with E-state index < -0.39 is 6.29 Å². The largest absolute Gasteiger partial charge is 0.462 e. The molecule has 2 atom stereocenters. The third-order valence-electron chi connectivity index (χ3n) is 12.0. The number of oxazole rings is 2.